The van der Waals surface area contributed by atoms with Crippen molar-refractivity contribution in [3.8, 4) is 0 Å². The average molecular weight is 580 g/mol. The zero-order valence-corrected chi connectivity index (χ0v) is 24.7. The molecule has 9 heteroatoms. The minimum atomic E-state index is -3.85. The van der Waals surface area contributed by atoms with E-state index < -0.39 is 34.3 Å². The molecule has 41 heavy (non-hydrogen) atoms. The number of sulfonamides is 1. The van der Waals surface area contributed by atoms with Gasteiger partial charge in [-0.3, -0.25) is 13.9 Å². The van der Waals surface area contributed by atoms with Crippen LogP contribution in [0.5, 0.6) is 0 Å². The second kappa shape index (κ2) is 13.3. The van der Waals surface area contributed by atoms with Crippen LogP contribution in [0, 0.1) is 19.7 Å². The SMILES string of the molecule is Cc1ccc(C)c(N(CC(=O)N(Cc2ccc(F)cc2)[C@@H](Cc2ccccc2)C(=O)NC2CCCC2)S(C)(=O)=O)c1. The molecule has 0 aromatic heterocycles. The number of carbonyl (C=O) groups is 2. The van der Waals surface area contributed by atoms with Gasteiger partial charge < -0.3 is 10.2 Å². The highest BCUT2D eigenvalue weighted by Gasteiger charge is 2.34. The highest BCUT2D eigenvalue weighted by atomic mass is 32.2. The number of aryl methyl sites for hydroxylation is 2. The lowest BCUT2D eigenvalue weighted by molar-refractivity contribution is -0.140. The molecular weight excluding hydrogens is 541 g/mol. The number of nitrogens with zero attached hydrogens (tertiary/aromatic N) is 2. The average Bonchev–Trinajstić information content (AvgIpc) is 3.44. The van der Waals surface area contributed by atoms with Crippen molar-refractivity contribution in [1.29, 1.82) is 0 Å². The van der Waals surface area contributed by atoms with E-state index in [1.807, 2.05) is 49.4 Å². The van der Waals surface area contributed by atoms with Gasteiger partial charge in [0.15, 0.2) is 0 Å². The molecule has 0 aliphatic heterocycles. The van der Waals surface area contributed by atoms with Crippen LogP contribution in [0.4, 0.5) is 10.1 Å². The molecule has 0 saturated heterocycles. The normalized spacial score (nSPS) is 14.4. The fourth-order valence-corrected chi connectivity index (χ4v) is 6.19. The minimum Gasteiger partial charge on any atom is -0.352 e. The van der Waals surface area contributed by atoms with Crippen LogP contribution in [0.1, 0.15) is 47.9 Å². The molecule has 0 unspecified atom stereocenters. The van der Waals surface area contributed by atoms with Crippen LogP contribution in [-0.2, 0) is 32.6 Å². The van der Waals surface area contributed by atoms with Crippen LogP contribution in [0.15, 0.2) is 72.8 Å². The van der Waals surface area contributed by atoms with Gasteiger partial charge in [-0.05, 0) is 67.1 Å². The number of rotatable bonds is 11. The Balaban J connectivity index is 1.74. The molecule has 1 fully saturated rings. The van der Waals surface area contributed by atoms with E-state index in [9.17, 15) is 22.4 Å². The maximum atomic E-state index is 14.2. The molecule has 1 aliphatic carbocycles. The summed E-state index contributed by atoms with van der Waals surface area (Å²) < 4.78 is 40.8. The molecule has 1 N–H and O–H groups in total. The molecular formula is C32H38FN3O4S. The number of hydrogen-bond donors (Lipinski definition) is 1. The lowest BCUT2D eigenvalue weighted by atomic mass is 10.0. The molecule has 1 aliphatic rings. The Morgan fingerprint density at radius 1 is 0.951 bits per heavy atom. The summed E-state index contributed by atoms with van der Waals surface area (Å²) in [5.41, 5.74) is 3.47. The highest BCUT2D eigenvalue weighted by Crippen LogP contribution is 2.25. The Bertz CT molecular complexity index is 1460. The fourth-order valence-electron chi connectivity index (χ4n) is 5.29. The predicted octanol–water partition coefficient (Wildman–Crippen LogP) is 4.91. The zero-order chi connectivity index (χ0) is 29.6. The van der Waals surface area contributed by atoms with Gasteiger partial charge in [-0.25, -0.2) is 12.8 Å². The second-order valence-electron chi connectivity index (χ2n) is 10.9. The van der Waals surface area contributed by atoms with Crippen molar-refractivity contribution in [2.75, 3.05) is 17.1 Å². The summed E-state index contributed by atoms with van der Waals surface area (Å²) in [6.07, 6.45) is 5.14. The van der Waals surface area contributed by atoms with E-state index in [0.717, 1.165) is 47.4 Å². The Labute approximate surface area is 242 Å². The predicted molar refractivity (Wildman–Crippen MR) is 159 cm³/mol. The van der Waals surface area contributed by atoms with Crippen LogP contribution >= 0.6 is 0 Å². The summed E-state index contributed by atoms with van der Waals surface area (Å²) in [5.74, 6) is -1.22. The van der Waals surface area contributed by atoms with Crippen molar-refractivity contribution in [3.63, 3.8) is 0 Å². The second-order valence-corrected chi connectivity index (χ2v) is 12.8. The third kappa shape index (κ3) is 8.16. The van der Waals surface area contributed by atoms with E-state index in [0.29, 0.717) is 16.8 Å². The molecule has 2 amide bonds. The first-order valence-corrected chi connectivity index (χ1v) is 15.8. The third-order valence-corrected chi connectivity index (χ3v) is 8.68. The summed E-state index contributed by atoms with van der Waals surface area (Å²) >= 11 is 0. The van der Waals surface area contributed by atoms with Crippen molar-refractivity contribution < 1.29 is 22.4 Å². The summed E-state index contributed by atoms with van der Waals surface area (Å²) in [6.45, 7) is 3.18. The first kappa shape index (κ1) is 30.2. The number of nitrogens with one attached hydrogen (secondary N) is 1. The van der Waals surface area contributed by atoms with Gasteiger partial charge in [0.2, 0.25) is 21.8 Å². The van der Waals surface area contributed by atoms with Crippen molar-refractivity contribution in [2.45, 2.75) is 64.6 Å². The quantitative estimate of drug-likeness (QED) is 0.350. The van der Waals surface area contributed by atoms with Gasteiger partial charge >= 0.3 is 0 Å². The van der Waals surface area contributed by atoms with E-state index >= 15 is 0 Å². The van der Waals surface area contributed by atoms with Crippen molar-refractivity contribution in [2.24, 2.45) is 0 Å². The molecule has 4 rings (SSSR count). The largest absolute Gasteiger partial charge is 0.352 e. The standard InChI is InChI=1S/C32H38FN3O4S/c1-23-13-14-24(2)29(19-23)36(41(3,39)40)22-31(37)35(21-26-15-17-27(33)18-16-26)30(20-25-9-5-4-6-10-25)32(38)34-28-11-7-8-12-28/h4-6,9-10,13-19,28,30H,7-8,11-12,20-22H2,1-3H3,(H,34,38)/t30-/m0/s1. The summed E-state index contributed by atoms with van der Waals surface area (Å²) in [5, 5.41) is 3.14. The monoisotopic (exact) mass is 579 g/mol. The molecule has 0 spiro atoms. The first-order chi connectivity index (χ1) is 19.5. The molecule has 0 bridgehead atoms. The Kier molecular flexibility index (Phi) is 9.81. The van der Waals surface area contributed by atoms with Crippen molar-refractivity contribution >= 4 is 27.5 Å². The number of amides is 2. The Hall–Kier alpha value is -3.72. The third-order valence-electron chi connectivity index (χ3n) is 7.55. The van der Waals surface area contributed by atoms with E-state index in [4.69, 9.17) is 0 Å². The zero-order valence-electron chi connectivity index (χ0n) is 23.8. The van der Waals surface area contributed by atoms with Gasteiger partial charge in [0.05, 0.1) is 11.9 Å². The lowest BCUT2D eigenvalue weighted by Gasteiger charge is -2.34. The molecule has 1 saturated carbocycles. The molecule has 0 heterocycles. The van der Waals surface area contributed by atoms with Crippen LogP contribution in [-0.4, -0.2) is 50.0 Å². The van der Waals surface area contributed by atoms with Gasteiger partial charge in [0.25, 0.3) is 0 Å². The number of carbonyl (C=O) groups excluding carboxylic acids is 2. The van der Waals surface area contributed by atoms with Gasteiger partial charge in [-0.2, -0.15) is 0 Å². The van der Waals surface area contributed by atoms with Gasteiger partial charge in [0, 0.05) is 19.0 Å². The lowest BCUT2D eigenvalue weighted by Crippen LogP contribution is -2.54. The van der Waals surface area contributed by atoms with Gasteiger partial charge in [-0.1, -0.05) is 67.4 Å². The van der Waals surface area contributed by atoms with Gasteiger partial charge in [0.1, 0.15) is 18.4 Å². The summed E-state index contributed by atoms with van der Waals surface area (Å²) in [4.78, 5) is 29.5. The molecule has 0 radical (unpaired) electrons. The number of hydrogen-bond acceptors (Lipinski definition) is 4. The fraction of sp³-hybridized carbons (Fsp3) is 0.375. The topological polar surface area (TPSA) is 86.8 Å². The van der Waals surface area contributed by atoms with E-state index in [1.165, 1.54) is 17.0 Å². The van der Waals surface area contributed by atoms with Gasteiger partial charge in [-0.15, -0.1) is 0 Å². The first-order valence-electron chi connectivity index (χ1n) is 13.9. The highest BCUT2D eigenvalue weighted by molar-refractivity contribution is 7.92. The molecule has 3 aromatic rings. The molecule has 7 nitrogen and oxygen atoms in total. The van der Waals surface area contributed by atoms with Crippen molar-refractivity contribution in [1.82, 2.24) is 10.2 Å². The van der Waals surface area contributed by atoms with E-state index in [-0.39, 0.29) is 24.9 Å². The van der Waals surface area contributed by atoms with Crippen LogP contribution in [0.25, 0.3) is 0 Å². The van der Waals surface area contributed by atoms with Crippen LogP contribution in [0.2, 0.25) is 0 Å². The van der Waals surface area contributed by atoms with E-state index in [1.54, 1.807) is 25.1 Å². The smallest absolute Gasteiger partial charge is 0.244 e. The van der Waals surface area contributed by atoms with Crippen molar-refractivity contribution in [3.05, 3.63) is 101 Å². The number of anilines is 1. The number of benzene rings is 3. The van der Waals surface area contributed by atoms with E-state index in [2.05, 4.69) is 5.32 Å². The molecule has 3 aromatic carbocycles. The Morgan fingerprint density at radius 2 is 1.61 bits per heavy atom. The Morgan fingerprint density at radius 3 is 2.24 bits per heavy atom. The number of halogens is 1. The maximum absolute atomic E-state index is 14.2. The van der Waals surface area contributed by atoms with Crippen LogP contribution < -0.4 is 9.62 Å². The summed E-state index contributed by atoms with van der Waals surface area (Å²) in [7, 11) is -3.85. The van der Waals surface area contributed by atoms with Crippen LogP contribution in [0.3, 0.4) is 0 Å². The summed E-state index contributed by atoms with van der Waals surface area (Å²) in [6, 6.07) is 19.7. The minimum absolute atomic E-state index is 0.0130. The molecule has 218 valence electrons. The molecule has 1 atom stereocenters. The maximum Gasteiger partial charge on any atom is 0.244 e.